The number of para-hydroxylation sites is 1. The number of carbonyl (C=O) groups excluding carboxylic acids is 1. The third kappa shape index (κ3) is 3.74. The number of alkyl halides is 2. The van der Waals surface area contributed by atoms with Crippen LogP contribution in [0.5, 0.6) is 0 Å². The molecule has 0 bridgehead atoms. The van der Waals surface area contributed by atoms with Crippen LogP contribution in [0, 0.1) is 6.92 Å². The summed E-state index contributed by atoms with van der Waals surface area (Å²) in [4.78, 5) is 13.9. The van der Waals surface area contributed by atoms with Crippen molar-refractivity contribution in [3.05, 3.63) is 41.6 Å². The monoisotopic (exact) mass is 327 g/mol. The van der Waals surface area contributed by atoms with Crippen molar-refractivity contribution in [3.8, 4) is 0 Å². The summed E-state index contributed by atoms with van der Waals surface area (Å²) in [5, 5.41) is 7.02. The van der Waals surface area contributed by atoms with E-state index in [1.807, 2.05) is 31.2 Å². The van der Waals surface area contributed by atoms with Crippen LogP contribution in [0.2, 0.25) is 0 Å². The molecule has 1 aromatic heterocycles. The van der Waals surface area contributed by atoms with Crippen molar-refractivity contribution in [2.45, 2.75) is 31.6 Å². The zero-order valence-corrected chi connectivity index (χ0v) is 13.2. The maximum absolute atomic E-state index is 12.4. The highest BCUT2D eigenvalue weighted by Crippen LogP contribution is 2.23. The molecule has 1 heterocycles. The van der Waals surface area contributed by atoms with Gasteiger partial charge < -0.3 is 9.32 Å². The van der Waals surface area contributed by atoms with Crippen LogP contribution >= 0.6 is 23.2 Å². The number of rotatable bonds is 5. The van der Waals surface area contributed by atoms with Gasteiger partial charge in [-0.15, -0.1) is 33.4 Å². The van der Waals surface area contributed by atoms with Crippen molar-refractivity contribution < 1.29 is 9.21 Å². The Kier molecular flexibility index (Phi) is 5.20. The van der Waals surface area contributed by atoms with E-state index in [9.17, 15) is 4.79 Å². The fraction of sp³-hybridized carbons (Fsp3) is 0.357. The summed E-state index contributed by atoms with van der Waals surface area (Å²) in [5.74, 6) is 0.552. The first-order valence-electron chi connectivity index (χ1n) is 6.41. The second kappa shape index (κ2) is 6.91. The number of benzene rings is 1. The lowest BCUT2D eigenvalue weighted by molar-refractivity contribution is -0.118. The molecule has 0 aliphatic rings. The SMILES string of the molecule is Cc1ccccc1N(Cc1nnc(CCl)o1)C(=O)C(C)Cl. The molecule has 0 spiro atoms. The van der Waals surface area contributed by atoms with E-state index in [1.54, 1.807) is 11.8 Å². The molecule has 0 radical (unpaired) electrons. The molecule has 2 rings (SSSR count). The van der Waals surface area contributed by atoms with Crippen LogP contribution < -0.4 is 4.90 Å². The number of hydrogen-bond acceptors (Lipinski definition) is 4. The molecule has 21 heavy (non-hydrogen) atoms. The molecular weight excluding hydrogens is 313 g/mol. The van der Waals surface area contributed by atoms with Crippen molar-refractivity contribution in [2.24, 2.45) is 0 Å². The van der Waals surface area contributed by atoms with Crippen LogP contribution in [0.1, 0.15) is 24.3 Å². The maximum atomic E-state index is 12.4. The van der Waals surface area contributed by atoms with Gasteiger partial charge in [-0.2, -0.15) is 0 Å². The molecule has 0 saturated carbocycles. The number of nitrogens with zero attached hydrogens (tertiary/aromatic N) is 3. The molecule has 1 atom stereocenters. The molecule has 0 N–H and O–H groups in total. The highest BCUT2D eigenvalue weighted by atomic mass is 35.5. The second-order valence-electron chi connectivity index (χ2n) is 4.55. The number of hydrogen-bond donors (Lipinski definition) is 0. The highest BCUT2D eigenvalue weighted by Gasteiger charge is 2.23. The van der Waals surface area contributed by atoms with E-state index in [0.29, 0.717) is 11.8 Å². The smallest absolute Gasteiger partial charge is 0.245 e. The van der Waals surface area contributed by atoms with E-state index >= 15 is 0 Å². The lowest BCUT2D eigenvalue weighted by Crippen LogP contribution is -2.35. The summed E-state index contributed by atoms with van der Waals surface area (Å²) < 4.78 is 5.36. The zero-order valence-electron chi connectivity index (χ0n) is 11.7. The fourth-order valence-corrected chi connectivity index (χ4v) is 2.13. The molecule has 7 heteroatoms. The van der Waals surface area contributed by atoms with Gasteiger partial charge >= 0.3 is 0 Å². The first kappa shape index (κ1) is 15.8. The largest absolute Gasteiger partial charge is 0.422 e. The van der Waals surface area contributed by atoms with Crippen LogP contribution in [0.4, 0.5) is 5.69 Å². The molecule has 5 nitrogen and oxygen atoms in total. The first-order valence-corrected chi connectivity index (χ1v) is 7.38. The van der Waals surface area contributed by atoms with Crippen LogP contribution in [-0.2, 0) is 17.2 Å². The summed E-state index contributed by atoms with van der Waals surface area (Å²) in [5.41, 5.74) is 1.72. The van der Waals surface area contributed by atoms with Crippen LogP contribution in [-0.4, -0.2) is 21.5 Å². The number of aromatic nitrogens is 2. The van der Waals surface area contributed by atoms with Gasteiger partial charge in [0.05, 0.1) is 0 Å². The van der Waals surface area contributed by atoms with Crippen molar-refractivity contribution in [1.82, 2.24) is 10.2 Å². The third-order valence-electron chi connectivity index (χ3n) is 2.93. The lowest BCUT2D eigenvalue weighted by atomic mass is 10.1. The van der Waals surface area contributed by atoms with Crippen molar-refractivity contribution in [2.75, 3.05) is 4.90 Å². The maximum Gasteiger partial charge on any atom is 0.245 e. The van der Waals surface area contributed by atoms with E-state index in [4.69, 9.17) is 27.6 Å². The Morgan fingerprint density at radius 1 is 1.33 bits per heavy atom. The Morgan fingerprint density at radius 3 is 2.57 bits per heavy atom. The Bertz CT molecular complexity index is 628. The lowest BCUT2D eigenvalue weighted by Gasteiger charge is -2.24. The number of amides is 1. The van der Waals surface area contributed by atoms with Crippen molar-refractivity contribution in [3.63, 3.8) is 0 Å². The summed E-state index contributed by atoms with van der Waals surface area (Å²) >= 11 is 11.6. The van der Waals surface area contributed by atoms with Gasteiger partial charge in [-0.1, -0.05) is 18.2 Å². The molecule has 0 fully saturated rings. The van der Waals surface area contributed by atoms with Crippen molar-refractivity contribution >= 4 is 34.8 Å². The van der Waals surface area contributed by atoms with E-state index < -0.39 is 5.38 Å². The van der Waals surface area contributed by atoms with Gasteiger partial charge in [-0.3, -0.25) is 4.79 Å². The Labute approximate surface area is 132 Å². The highest BCUT2D eigenvalue weighted by molar-refractivity contribution is 6.32. The predicted octanol–water partition coefficient (Wildman–Crippen LogP) is 3.28. The van der Waals surface area contributed by atoms with Gasteiger partial charge in [0.1, 0.15) is 17.8 Å². The average Bonchev–Trinajstić information content (AvgIpc) is 2.92. The summed E-state index contributed by atoms with van der Waals surface area (Å²) in [6, 6.07) is 7.54. The van der Waals surface area contributed by atoms with Gasteiger partial charge in [0.25, 0.3) is 0 Å². The van der Waals surface area contributed by atoms with Crippen LogP contribution in [0.3, 0.4) is 0 Å². The van der Waals surface area contributed by atoms with Gasteiger partial charge in [-0.25, -0.2) is 0 Å². The van der Waals surface area contributed by atoms with E-state index in [1.165, 1.54) is 0 Å². The standard InChI is InChI=1S/C14H15Cl2N3O2/c1-9-5-3-4-6-11(9)19(14(20)10(2)16)8-13-18-17-12(7-15)21-13/h3-6,10H,7-8H2,1-2H3. The Hall–Kier alpha value is -1.59. The van der Waals surface area contributed by atoms with E-state index in [2.05, 4.69) is 10.2 Å². The average molecular weight is 328 g/mol. The number of anilines is 1. The Balaban J connectivity index is 2.33. The Morgan fingerprint density at radius 2 is 2.00 bits per heavy atom. The second-order valence-corrected chi connectivity index (χ2v) is 5.47. The van der Waals surface area contributed by atoms with Gasteiger partial charge in [0, 0.05) is 5.69 Å². The van der Waals surface area contributed by atoms with Gasteiger partial charge in [0.15, 0.2) is 0 Å². The number of aryl methyl sites for hydroxylation is 1. The summed E-state index contributed by atoms with van der Waals surface area (Å²) in [7, 11) is 0. The van der Waals surface area contributed by atoms with Gasteiger partial charge in [0.2, 0.25) is 17.7 Å². The minimum absolute atomic E-state index is 0.136. The van der Waals surface area contributed by atoms with E-state index in [-0.39, 0.29) is 18.3 Å². The minimum atomic E-state index is -0.653. The molecule has 112 valence electrons. The molecule has 1 unspecified atom stereocenters. The molecule has 0 saturated heterocycles. The molecule has 2 aromatic rings. The molecule has 0 aliphatic carbocycles. The van der Waals surface area contributed by atoms with Crippen molar-refractivity contribution in [1.29, 1.82) is 0 Å². The molecular formula is C14H15Cl2N3O2. The third-order valence-corrected chi connectivity index (χ3v) is 3.34. The number of halogens is 2. The predicted molar refractivity (Wildman–Crippen MR) is 81.5 cm³/mol. The van der Waals surface area contributed by atoms with Crippen LogP contribution in [0.25, 0.3) is 0 Å². The van der Waals surface area contributed by atoms with Gasteiger partial charge in [-0.05, 0) is 25.5 Å². The van der Waals surface area contributed by atoms with E-state index in [0.717, 1.165) is 11.3 Å². The molecule has 1 amide bonds. The summed E-state index contributed by atoms with van der Waals surface area (Å²) in [6.45, 7) is 3.71. The topological polar surface area (TPSA) is 59.2 Å². The normalized spacial score (nSPS) is 12.2. The summed E-state index contributed by atoms with van der Waals surface area (Å²) in [6.07, 6.45) is 0. The number of carbonyl (C=O) groups is 1. The molecule has 0 aliphatic heterocycles. The fourth-order valence-electron chi connectivity index (χ4n) is 1.90. The minimum Gasteiger partial charge on any atom is -0.422 e. The quantitative estimate of drug-likeness (QED) is 0.791. The first-order chi connectivity index (χ1) is 10.0. The van der Waals surface area contributed by atoms with Crippen LogP contribution in [0.15, 0.2) is 28.7 Å². The molecule has 1 aromatic carbocycles. The zero-order chi connectivity index (χ0) is 15.4.